The molecule has 2 N–H and O–H groups in total. The Morgan fingerprint density at radius 3 is 2.47 bits per heavy atom. The molecule has 1 unspecified atom stereocenters. The molecule has 11 heteroatoms. The van der Waals surface area contributed by atoms with E-state index in [1.54, 1.807) is 31.2 Å². The number of urea groups is 1. The van der Waals surface area contributed by atoms with Crippen LogP contribution in [0.15, 0.2) is 52.3 Å². The summed E-state index contributed by atoms with van der Waals surface area (Å²) in [5, 5.41) is 16.4. The zero-order chi connectivity index (χ0) is 22.3. The predicted molar refractivity (Wildman–Crippen MR) is 111 cm³/mol. The molecule has 0 aliphatic heterocycles. The molecular formula is C19H18ClN3O6S. The molecule has 0 fully saturated rings. The third-order valence-electron chi connectivity index (χ3n) is 3.66. The summed E-state index contributed by atoms with van der Waals surface area (Å²) in [6.45, 7) is 3.28. The standard InChI is InChI=1S/C19H18ClN3O6S/c1-3-21-19(26)22-17(24)11(2)29-18(25)12-4-9-16(15(10-12)23(27)28)30-14-7-5-13(20)6-8-14/h4-11H,3H2,1-2H3,(H2,21,22,24,26). The highest BCUT2D eigenvalue weighted by Gasteiger charge is 2.23. The number of carbonyl (C=O) groups is 3. The van der Waals surface area contributed by atoms with Crippen molar-refractivity contribution < 1.29 is 24.0 Å². The fraction of sp³-hybridized carbons (Fsp3) is 0.211. The van der Waals surface area contributed by atoms with Gasteiger partial charge in [-0.1, -0.05) is 23.4 Å². The number of halogens is 1. The van der Waals surface area contributed by atoms with Crippen molar-refractivity contribution in [3.8, 4) is 0 Å². The Balaban J connectivity index is 2.13. The van der Waals surface area contributed by atoms with Crippen molar-refractivity contribution in [1.82, 2.24) is 10.6 Å². The normalized spacial score (nSPS) is 11.3. The van der Waals surface area contributed by atoms with Crippen LogP contribution in [0.5, 0.6) is 0 Å². The molecule has 0 heterocycles. The predicted octanol–water partition coefficient (Wildman–Crippen LogP) is 3.79. The number of amides is 3. The fourth-order valence-corrected chi connectivity index (χ4v) is 3.23. The maximum atomic E-state index is 12.3. The van der Waals surface area contributed by atoms with Gasteiger partial charge in [-0.2, -0.15) is 0 Å². The van der Waals surface area contributed by atoms with Crippen LogP contribution in [-0.4, -0.2) is 35.5 Å². The Kier molecular flexibility index (Phi) is 8.19. The molecule has 0 saturated carbocycles. The Labute approximate surface area is 181 Å². The van der Waals surface area contributed by atoms with Crippen LogP contribution in [0.1, 0.15) is 24.2 Å². The highest BCUT2D eigenvalue weighted by Crippen LogP contribution is 2.36. The number of hydrogen-bond acceptors (Lipinski definition) is 7. The molecule has 0 aliphatic carbocycles. The first kappa shape index (κ1) is 23.2. The first-order valence-corrected chi connectivity index (χ1v) is 9.92. The van der Waals surface area contributed by atoms with Gasteiger partial charge in [0.1, 0.15) is 0 Å². The van der Waals surface area contributed by atoms with Crippen molar-refractivity contribution in [3.63, 3.8) is 0 Å². The van der Waals surface area contributed by atoms with Gasteiger partial charge in [0.25, 0.3) is 11.6 Å². The lowest BCUT2D eigenvalue weighted by Gasteiger charge is -2.13. The van der Waals surface area contributed by atoms with Gasteiger partial charge in [-0.3, -0.25) is 20.2 Å². The van der Waals surface area contributed by atoms with E-state index in [2.05, 4.69) is 5.32 Å². The molecule has 0 saturated heterocycles. The molecule has 1 atom stereocenters. The number of hydrogen-bond donors (Lipinski definition) is 2. The molecule has 2 rings (SSSR count). The van der Waals surface area contributed by atoms with Gasteiger partial charge in [0.15, 0.2) is 6.10 Å². The minimum atomic E-state index is -1.28. The molecular weight excluding hydrogens is 434 g/mol. The molecule has 158 valence electrons. The monoisotopic (exact) mass is 451 g/mol. The second-order valence-corrected chi connectivity index (χ2v) is 7.44. The van der Waals surface area contributed by atoms with Gasteiger partial charge in [-0.25, -0.2) is 9.59 Å². The highest BCUT2D eigenvalue weighted by atomic mass is 35.5. The maximum Gasteiger partial charge on any atom is 0.339 e. The molecule has 0 spiro atoms. The van der Waals surface area contributed by atoms with Gasteiger partial charge >= 0.3 is 12.0 Å². The Bertz CT molecular complexity index is 967. The third kappa shape index (κ3) is 6.46. The van der Waals surface area contributed by atoms with Crippen LogP contribution in [0.4, 0.5) is 10.5 Å². The van der Waals surface area contributed by atoms with Gasteiger partial charge in [0, 0.05) is 22.5 Å². The fourth-order valence-electron chi connectivity index (χ4n) is 2.20. The lowest BCUT2D eigenvalue weighted by molar-refractivity contribution is -0.387. The summed E-state index contributed by atoms with van der Waals surface area (Å²) < 4.78 is 5.01. The van der Waals surface area contributed by atoms with E-state index in [4.69, 9.17) is 16.3 Å². The van der Waals surface area contributed by atoms with E-state index in [1.165, 1.54) is 19.1 Å². The van der Waals surface area contributed by atoms with E-state index in [9.17, 15) is 24.5 Å². The number of imide groups is 1. The van der Waals surface area contributed by atoms with E-state index in [-0.39, 0.29) is 11.3 Å². The summed E-state index contributed by atoms with van der Waals surface area (Å²) in [5.74, 6) is -1.75. The number of esters is 1. The zero-order valence-corrected chi connectivity index (χ0v) is 17.6. The molecule has 30 heavy (non-hydrogen) atoms. The van der Waals surface area contributed by atoms with Crippen molar-refractivity contribution >= 4 is 47.0 Å². The van der Waals surface area contributed by atoms with Crippen LogP contribution in [0.25, 0.3) is 0 Å². The number of ether oxygens (including phenoxy) is 1. The van der Waals surface area contributed by atoms with Crippen LogP contribution in [0.2, 0.25) is 5.02 Å². The third-order valence-corrected chi connectivity index (χ3v) is 4.98. The minimum absolute atomic E-state index is 0.0974. The lowest BCUT2D eigenvalue weighted by Crippen LogP contribution is -2.44. The SMILES string of the molecule is CCNC(=O)NC(=O)C(C)OC(=O)c1ccc(Sc2ccc(Cl)cc2)c([N+](=O)[O-])c1. The molecule has 0 radical (unpaired) electrons. The number of nitrogens with one attached hydrogen (secondary N) is 2. The van der Waals surface area contributed by atoms with Crippen molar-refractivity contribution in [1.29, 1.82) is 0 Å². The molecule has 0 bridgehead atoms. The largest absolute Gasteiger partial charge is 0.449 e. The van der Waals surface area contributed by atoms with E-state index in [0.29, 0.717) is 16.5 Å². The van der Waals surface area contributed by atoms with Gasteiger partial charge in [0.05, 0.1) is 15.4 Å². The van der Waals surface area contributed by atoms with E-state index in [0.717, 1.165) is 22.7 Å². The number of benzene rings is 2. The van der Waals surface area contributed by atoms with Crippen LogP contribution in [0.3, 0.4) is 0 Å². The molecule has 3 amide bonds. The van der Waals surface area contributed by atoms with Crippen molar-refractivity contribution in [3.05, 3.63) is 63.2 Å². The average Bonchev–Trinajstić information content (AvgIpc) is 2.69. The Hall–Kier alpha value is -3.11. The van der Waals surface area contributed by atoms with Gasteiger partial charge in [-0.15, -0.1) is 0 Å². The van der Waals surface area contributed by atoms with Crippen LogP contribution < -0.4 is 10.6 Å². The van der Waals surface area contributed by atoms with Gasteiger partial charge in [0.2, 0.25) is 0 Å². The molecule has 2 aromatic carbocycles. The maximum absolute atomic E-state index is 12.3. The Morgan fingerprint density at radius 1 is 1.20 bits per heavy atom. The van der Waals surface area contributed by atoms with E-state index < -0.39 is 28.9 Å². The van der Waals surface area contributed by atoms with Crippen molar-refractivity contribution in [2.75, 3.05) is 6.54 Å². The van der Waals surface area contributed by atoms with Crippen LogP contribution in [-0.2, 0) is 9.53 Å². The second-order valence-electron chi connectivity index (χ2n) is 5.89. The second kappa shape index (κ2) is 10.6. The summed E-state index contributed by atoms with van der Waals surface area (Å²) in [5.41, 5.74) is -0.386. The molecule has 0 aliphatic rings. The summed E-state index contributed by atoms with van der Waals surface area (Å²) in [7, 11) is 0. The minimum Gasteiger partial charge on any atom is -0.449 e. The van der Waals surface area contributed by atoms with Gasteiger partial charge in [-0.05, 0) is 50.2 Å². The number of rotatable bonds is 7. The topological polar surface area (TPSA) is 128 Å². The number of nitro benzene ring substituents is 1. The van der Waals surface area contributed by atoms with Crippen LogP contribution >= 0.6 is 23.4 Å². The summed E-state index contributed by atoms with van der Waals surface area (Å²) in [6, 6.07) is 9.90. The highest BCUT2D eigenvalue weighted by molar-refractivity contribution is 7.99. The summed E-state index contributed by atoms with van der Waals surface area (Å²) in [6.07, 6.45) is -1.28. The number of carbonyl (C=O) groups excluding carboxylic acids is 3. The van der Waals surface area contributed by atoms with E-state index >= 15 is 0 Å². The zero-order valence-electron chi connectivity index (χ0n) is 16.0. The van der Waals surface area contributed by atoms with E-state index in [1.807, 2.05) is 5.32 Å². The summed E-state index contributed by atoms with van der Waals surface area (Å²) in [4.78, 5) is 47.5. The number of nitrogens with zero attached hydrogens (tertiary/aromatic N) is 1. The summed E-state index contributed by atoms with van der Waals surface area (Å²) >= 11 is 6.98. The average molecular weight is 452 g/mol. The van der Waals surface area contributed by atoms with Crippen molar-refractivity contribution in [2.24, 2.45) is 0 Å². The molecule has 9 nitrogen and oxygen atoms in total. The Morgan fingerprint density at radius 2 is 1.87 bits per heavy atom. The molecule has 2 aromatic rings. The van der Waals surface area contributed by atoms with Crippen molar-refractivity contribution in [2.45, 2.75) is 29.7 Å². The first-order chi connectivity index (χ1) is 14.2. The molecule has 0 aromatic heterocycles. The number of nitro groups is 1. The quantitative estimate of drug-likeness (QED) is 0.372. The first-order valence-electron chi connectivity index (χ1n) is 8.72. The van der Waals surface area contributed by atoms with Crippen LogP contribution in [0, 0.1) is 10.1 Å². The van der Waals surface area contributed by atoms with Gasteiger partial charge < -0.3 is 10.1 Å². The smallest absolute Gasteiger partial charge is 0.339 e. The lowest BCUT2D eigenvalue weighted by atomic mass is 10.2.